The predicted molar refractivity (Wildman–Crippen MR) is 153 cm³/mol. The molecule has 0 saturated carbocycles. The number of esters is 1. The van der Waals surface area contributed by atoms with Gasteiger partial charge < -0.3 is 9.16 Å². The first-order chi connectivity index (χ1) is 17.3. The number of hydrogen-bond donors (Lipinski definition) is 0. The second kappa shape index (κ2) is 13.0. The summed E-state index contributed by atoms with van der Waals surface area (Å²) in [5.41, 5.74) is 1.18. The van der Waals surface area contributed by atoms with Gasteiger partial charge in [0.1, 0.15) is 0 Å². The molecule has 1 atom stereocenters. The number of halogens is 1. The summed E-state index contributed by atoms with van der Waals surface area (Å²) in [5.74, 6) is -0.123. The highest BCUT2D eigenvalue weighted by atomic mass is 35.5. The third-order valence-corrected chi connectivity index (χ3v) is 11.8. The molecule has 3 aromatic carbocycles. The van der Waals surface area contributed by atoms with Crippen LogP contribution in [0.25, 0.3) is 0 Å². The molecule has 3 nitrogen and oxygen atoms in total. The maximum absolute atomic E-state index is 11.8. The standard InChI is InChI=1S/C31H37ClO3Si/c1-5-34-30(33)18-12-13-25(26-19-21-27(32)22-20-26)23-24-35-36(31(2,3)4,28-14-8-6-9-15-28)29-16-10-7-11-17-29/h6-12,14-22,25H,5,13,23-24H2,1-4H3/b18-12+/t25-/m1/s1. The summed E-state index contributed by atoms with van der Waals surface area (Å²) in [5, 5.41) is 3.18. The molecule has 0 fully saturated rings. The second-order valence-electron chi connectivity index (χ2n) is 9.94. The predicted octanol–water partition coefficient (Wildman–Crippen LogP) is 6.90. The van der Waals surface area contributed by atoms with Crippen molar-refractivity contribution in [2.24, 2.45) is 0 Å². The number of benzene rings is 3. The highest BCUT2D eigenvalue weighted by Gasteiger charge is 2.50. The fourth-order valence-electron chi connectivity index (χ4n) is 4.79. The van der Waals surface area contributed by atoms with Gasteiger partial charge in [-0.1, -0.05) is 111 Å². The van der Waals surface area contributed by atoms with Crippen molar-refractivity contribution < 1.29 is 14.0 Å². The van der Waals surface area contributed by atoms with E-state index in [2.05, 4.69) is 93.6 Å². The van der Waals surface area contributed by atoms with Gasteiger partial charge in [0.15, 0.2) is 0 Å². The number of allylic oxidation sites excluding steroid dienone is 1. The molecule has 0 spiro atoms. The summed E-state index contributed by atoms with van der Waals surface area (Å²) < 4.78 is 12.1. The molecule has 3 aromatic rings. The summed E-state index contributed by atoms with van der Waals surface area (Å²) >= 11 is 6.15. The molecule has 0 radical (unpaired) electrons. The Morgan fingerprint density at radius 2 is 1.47 bits per heavy atom. The van der Waals surface area contributed by atoms with E-state index in [9.17, 15) is 4.79 Å². The third kappa shape index (κ3) is 6.97. The summed E-state index contributed by atoms with van der Waals surface area (Å²) in [7, 11) is -2.60. The van der Waals surface area contributed by atoms with Crippen LogP contribution in [-0.2, 0) is 14.0 Å². The van der Waals surface area contributed by atoms with Crippen molar-refractivity contribution in [1.29, 1.82) is 0 Å². The second-order valence-corrected chi connectivity index (χ2v) is 14.7. The maximum atomic E-state index is 11.8. The summed E-state index contributed by atoms with van der Waals surface area (Å²) in [4.78, 5) is 11.8. The van der Waals surface area contributed by atoms with Gasteiger partial charge in [0.2, 0.25) is 0 Å². The summed E-state index contributed by atoms with van der Waals surface area (Å²) in [6.07, 6.45) is 4.96. The molecule has 0 aromatic heterocycles. The van der Waals surface area contributed by atoms with Gasteiger partial charge in [-0.3, -0.25) is 0 Å². The van der Waals surface area contributed by atoms with Crippen LogP contribution in [0.5, 0.6) is 0 Å². The van der Waals surface area contributed by atoms with E-state index in [1.54, 1.807) is 0 Å². The molecule has 0 N–H and O–H groups in total. The molecule has 0 saturated heterocycles. The monoisotopic (exact) mass is 520 g/mol. The van der Waals surface area contributed by atoms with Gasteiger partial charge in [-0.2, -0.15) is 0 Å². The molecule has 3 rings (SSSR count). The van der Waals surface area contributed by atoms with Gasteiger partial charge in [-0.25, -0.2) is 4.79 Å². The molecule has 36 heavy (non-hydrogen) atoms. The molecule has 0 aliphatic heterocycles. The highest BCUT2D eigenvalue weighted by Crippen LogP contribution is 2.37. The molecular weight excluding hydrogens is 484 g/mol. The number of carbonyl (C=O) groups is 1. The minimum Gasteiger partial charge on any atom is -0.463 e. The van der Waals surface area contributed by atoms with Crippen LogP contribution in [0.15, 0.2) is 97.1 Å². The highest BCUT2D eigenvalue weighted by molar-refractivity contribution is 6.99. The Balaban J connectivity index is 1.89. The average molecular weight is 521 g/mol. The summed E-state index contributed by atoms with van der Waals surface area (Å²) in [6.45, 7) is 9.66. The first-order valence-electron chi connectivity index (χ1n) is 12.6. The lowest BCUT2D eigenvalue weighted by Gasteiger charge is -2.43. The molecular formula is C31H37ClO3Si. The molecule has 0 aliphatic rings. The van der Waals surface area contributed by atoms with Crippen LogP contribution < -0.4 is 10.4 Å². The Labute approximate surface area is 222 Å². The van der Waals surface area contributed by atoms with Crippen LogP contribution in [0.1, 0.15) is 52.0 Å². The van der Waals surface area contributed by atoms with E-state index in [4.69, 9.17) is 20.8 Å². The van der Waals surface area contributed by atoms with Crippen molar-refractivity contribution in [3.8, 4) is 0 Å². The molecule has 0 bridgehead atoms. The van der Waals surface area contributed by atoms with Crippen molar-refractivity contribution in [1.82, 2.24) is 0 Å². The van der Waals surface area contributed by atoms with Gasteiger partial charge in [0.25, 0.3) is 8.32 Å². The van der Waals surface area contributed by atoms with Crippen molar-refractivity contribution in [3.63, 3.8) is 0 Å². The lowest BCUT2D eigenvalue weighted by Crippen LogP contribution is -2.66. The van der Waals surface area contributed by atoms with Crippen molar-refractivity contribution in [2.45, 2.75) is 51.5 Å². The van der Waals surface area contributed by atoms with Crippen molar-refractivity contribution >= 4 is 36.3 Å². The Bertz CT molecular complexity index is 1070. The van der Waals surface area contributed by atoms with Crippen LogP contribution in [0.4, 0.5) is 0 Å². The largest absolute Gasteiger partial charge is 0.463 e. The van der Waals surface area contributed by atoms with E-state index in [1.165, 1.54) is 22.0 Å². The maximum Gasteiger partial charge on any atom is 0.330 e. The van der Waals surface area contributed by atoms with E-state index >= 15 is 0 Å². The van der Waals surface area contributed by atoms with Gasteiger partial charge in [0, 0.05) is 17.7 Å². The lowest BCUT2D eigenvalue weighted by atomic mass is 9.93. The Hall–Kier alpha value is -2.66. The van der Waals surface area contributed by atoms with Gasteiger partial charge in [-0.05, 0) is 58.8 Å². The Morgan fingerprint density at radius 3 is 1.97 bits per heavy atom. The van der Waals surface area contributed by atoms with E-state index < -0.39 is 8.32 Å². The Kier molecular flexibility index (Phi) is 10.1. The fraction of sp³-hybridized carbons (Fsp3) is 0.323. The van der Waals surface area contributed by atoms with Gasteiger partial charge in [0.05, 0.1) is 6.61 Å². The normalized spacial score (nSPS) is 13.0. The Morgan fingerprint density at radius 1 is 0.917 bits per heavy atom. The molecule has 0 unspecified atom stereocenters. The van der Waals surface area contributed by atoms with Gasteiger partial charge >= 0.3 is 5.97 Å². The van der Waals surface area contributed by atoms with Crippen molar-refractivity contribution in [2.75, 3.05) is 13.2 Å². The van der Waals surface area contributed by atoms with Crippen LogP contribution in [0.3, 0.4) is 0 Å². The first kappa shape index (κ1) is 27.9. The third-order valence-electron chi connectivity index (χ3n) is 6.50. The van der Waals surface area contributed by atoms with Crippen LogP contribution in [0.2, 0.25) is 10.1 Å². The van der Waals surface area contributed by atoms with E-state index in [-0.39, 0.29) is 16.9 Å². The zero-order chi connectivity index (χ0) is 26.0. The quantitative estimate of drug-likeness (QED) is 0.157. The fourth-order valence-corrected chi connectivity index (χ4v) is 9.50. The number of rotatable bonds is 11. The molecule has 190 valence electrons. The molecule has 5 heteroatoms. The number of carbonyl (C=O) groups excluding carboxylic acids is 1. The summed E-state index contributed by atoms with van der Waals surface area (Å²) in [6, 6.07) is 29.3. The molecule has 0 aliphatic carbocycles. The van der Waals surface area contributed by atoms with Gasteiger partial charge in [-0.15, -0.1) is 0 Å². The molecule has 0 amide bonds. The van der Waals surface area contributed by atoms with Crippen molar-refractivity contribution in [3.05, 3.63) is 108 Å². The number of ether oxygens (including phenoxy) is 1. The zero-order valence-electron chi connectivity index (χ0n) is 21.7. The minimum absolute atomic E-state index is 0.0741. The number of hydrogen-bond acceptors (Lipinski definition) is 3. The smallest absolute Gasteiger partial charge is 0.330 e. The molecule has 0 heterocycles. The van der Waals surface area contributed by atoms with E-state index in [1.807, 2.05) is 25.1 Å². The topological polar surface area (TPSA) is 35.5 Å². The van der Waals surface area contributed by atoms with Crippen LogP contribution in [0, 0.1) is 0 Å². The lowest BCUT2D eigenvalue weighted by molar-refractivity contribution is -0.137. The first-order valence-corrected chi connectivity index (χ1v) is 14.9. The van der Waals surface area contributed by atoms with E-state index in [0.29, 0.717) is 24.7 Å². The van der Waals surface area contributed by atoms with E-state index in [0.717, 1.165) is 6.42 Å². The van der Waals surface area contributed by atoms with Crippen LogP contribution in [-0.4, -0.2) is 27.5 Å². The SMILES string of the molecule is CCOC(=O)/C=C/C[C@H](CCO[Si](c1ccccc1)(c1ccccc1)C(C)(C)C)c1ccc(Cl)cc1. The van der Waals surface area contributed by atoms with Crippen LogP contribution >= 0.6 is 11.6 Å². The average Bonchev–Trinajstić information content (AvgIpc) is 2.86. The minimum atomic E-state index is -2.60. The zero-order valence-corrected chi connectivity index (χ0v) is 23.5.